The van der Waals surface area contributed by atoms with Gasteiger partial charge in [0.1, 0.15) is 0 Å². The van der Waals surface area contributed by atoms with Gasteiger partial charge >= 0.3 is 0 Å². The molecule has 112 valence electrons. The van der Waals surface area contributed by atoms with Gasteiger partial charge in [-0.1, -0.05) is 20.8 Å². The van der Waals surface area contributed by atoms with Crippen LogP contribution in [0.25, 0.3) is 0 Å². The second kappa shape index (κ2) is 7.56. The molecular weight excluding hydrogens is 312 g/mol. The highest BCUT2D eigenvalue weighted by Crippen LogP contribution is 2.35. The van der Waals surface area contributed by atoms with Crippen LogP contribution in [0.2, 0.25) is 0 Å². The second-order valence-corrected chi connectivity index (χ2v) is 7.33. The first kappa shape index (κ1) is 16.0. The fraction of sp³-hybridized carbons (Fsp3) is 0.706. The molecule has 1 aromatic rings. The summed E-state index contributed by atoms with van der Waals surface area (Å²) in [5.41, 5.74) is 1.23. The van der Waals surface area contributed by atoms with Crippen molar-refractivity contribution in [2.45, 2.75) is 52.5 Å². The maximum absolute atomic E-state index is 4.56. The molecule has 2 rings (SSSR count). The lowest BCUT2D eigenvalue weighted by Crippen LogP contribution is -2.42. The smallest absolute Gasteiger partial charge is 0.0413 e. The van der Waals surface area contributed by atoms with E-state index in [9.17, 15) is 0 Å². The summed E-state index contributed by atoms with van der Waals surface area (Å²) in [5.74, 6) is 2.41. The number of halogens is 1. The van der Waals surface area contributed by atoms with Crippen molar-refractivity contribution in [1.82, 2.24) is 10.3 Å². The molecule has 0 amide bonds. The highest BCUT2D eigenvalue weighted by molar-refractivity contribution is 9.10. The van der Waals surface area contributed by atoms with Gasteiger partial charge < -0.3 is 5.32 Å². The highest BCUT2D eigenvalue weighted by atomic mass is 79.9. The van der Waals surface area contributed by atoms with Gasteiger partial charge in [-0.25, -0.2) is 0 Å². The lowest BCUT2D eigenvalue weighted by Gasteiger charge is -2.38. The molecule has 3 atom stereocenters. The van der Waals surface area contributed by atoms with Crippen LogP contribution >= 0.6 is 15.9 Å². The summed E-state index contributed by atoms with van der Waals surface area (Å²) in [6, 6.07) is 4.93. The topological polar surface area (TPSA) is 24.9 Å². The fourth-order valence-corrected chi connectivity index (χ4v) is 3.69. The van der Waals surface area contributed by atoms with Crippen molar-refractivity contribution in [3.05, 3.63) is 28.5 Å². The van der Waals surface area contributed by atoms with E-state index in [-0.39, 0.29) is 0 Å². The summed E-state index contributed by atoms with van der Waals surface area (Å²) < 4.78 is 1.06. The minimum absolute atomic E-state index is 0.667. The van der Waals surface area contributed by atoms with Gasteiger partial charge in [0.25, 0.3) is 0 Å². The molecule has 1 saturated carbocycles. The van der Waals surface area contributed by atoms with Crippen molar-refractivity contribution in [2.75, 3.05) is 6.54 Å². The Balaban J connectivity index is 2.04. The molecule has 1 heterocycles. The minimum atomic E-state index is 0.667. The van der Waals surface area contributed by atoms with Crippen LogP contribution in [0, 0.1) is 17.8 Å². The first-order chi connectivity index (χ1) is 9.60. The zero-order chi connectivity index (χ0) is 14.5. The van der Waals surface area contributed by atoms with Crippen molar-refractivity contribution in [2.24, 2.45) is 17.8 Å². The van der Waals surface area contributed by atoms with E-state index in [1.54, 1.807) is 0 Å². The Kier molecular flexibility index (Phi) is 6.03. The molecule has 3 heteroatoms. The number of nitrogens with one attached hydrogen (secondary N) is 1. The highest BCUT2D eigenvalue weighted by Gasteiger charge is 2.31. The number of aromatic nitrogens is 1. The standard InChI is InChI=1S/C17H27BrN2/c1-4-19-17-8-5-13(12(2)3)9-14(17)10-16-7-6-15(18)11-20-16/h6-7,11-14,17,19H,4-5,8-10H2,1-3H3. The van der Waals surface area contributed by atoms with E-state index in [0.717, 1.165) is 35.2 Å². The molecule has 0 radical (unpaired) electrons. The maximum atomic E-state index is 4.56. The molecule has 1 aliphatic carbocycles. The van der Waals surface area contributed by atoms with E-state index in [4.69, 9.17) is 0 Å². The van der Waals surface area contributed by atoms with Crippen LogP contribution in [0.3, 0.4) is 0 Å². The van der Waals surface area contributed by atoms with Gasteiger partial charge in [-0.3, -0.25) is 4.98 Å². The van der Waals surface area contributed by atoms with Gasteiger partial charge in [0.15, 0.2) is 0 Å². The van der Waals surface area contributed by atoms with Crippen molar-refractivity contribution >= 4 is 15.9 Å². The maximum Gasteiger partial charge on any atom is 0.0413 e. The summed E-state index contributed by atoms with van der Waals surface area (Å²) in [6.45, 7) is 8.02. The number of hydrogen-bond acceptors (Lipinski definition) is 2. The molecule has 0 aliphatic heterocycles. The molecule has 1 N–H and O–H groups in total. The molecule has 2 nitrogen and oxygen atoms in total. The Bertz CT molecular complexity index is 402. The monoisotopic (exact) mass is 338 g/mol. The van der Waals surface area contributed by atoms with Crippen LogP contribution in [0.5, 0.6) is 0 Å². The van der Waals surface area contributed by atoms with Crippen LogP contribution in [-0.4, -0.2) is 17.6 Å². The molecule has 1 aliphatic rings. The zero-order valence-electron chi connectivity index (χ0n) is 12.9. The van der Waals surface area contributed by atoms with Gasteiger partial charge in [-0.05, 0) is 78.0 Å². The Morgan fingerprint density at radius 1 is 1.35 bits per heavy atom. The Labute approximate surface area is 131 Å². The normalized spacial score (nSPS) is 26.9. The third-order valence-corrected chi connectivity index (χ3v) is 5.16. The lowest BCUT2D eigenvalue weighted by atomic mass is 9.72. The second-order valence-electron chi connectivity index (χ2n) is 6.41. The summed E-state index contributed by atoms with van der Waals surface area (Å²) in [6.07, 6.45) is 7.05. The van der Waals surface area contributed by atoms with Crippen molar-refractivity contribution in [3.63, 3.8) is 0 Å². The summed E-state index contributed by atoms with van der Waals surface area (Å²) in [5, 5.41) is 3.69. The van der Waals surface area contributed by atoms with E-state index < -0.39 is 0 Å². The van der Waals surface area contributed by atoms with E-state index >= 15 is 0 Å². The summed E-state index contributed by atoms with van der Waals surface area (Å²) in [7, 11) is 0. The van der Waals surface area contributed by atoms with Gasteiger partial charge in [-0.15, -0.1) is 0 Å². The first-order valence-electron chi connectivity index (χ1n) is 7.94. The molecule has 20 heavy (non-hydrogen) atoms. The van der Waals surface area contributed by atoms with Crippen LogP contribution in [0.4, 0.5) is 0 Å². The predicted octanol–water partition coefficient (Wildman–Crippen LogP) is 4.44. The number of pyridine rings is 1. The lowest BCUT2D eigenvalue weighted by molar-refractivity contribution is 0.168. The SMILES string of the molecule is CCNC1CCC(C(C)C)CC1Cc1ccc(Br)cn1. The molecule has 1 fully saturated rings. The van der Waals surface area contributed by atoms with E-state index in [0.29, 0.717) is 6.04 Å². The Hall–Kier alpha value is -0.410. The fourth-order valence-electron chi connectivity index (χ4n) is 3.46. The van der Waals surface area contributed by atoms with Gasteiger partial charge in [0, 0.05) is 22.4 Å². The quantitative estimate of drug-likeness (QED) is 0.858. The van der Waals surface area contributed by atoms with Crippen LogP contribution in [0.15, 0.2) is 22.8 Å². The van der Waals surface area contributed by atoms with Crippen LogP contribution in [-0.2, 0) is 6.42 Å². The molecule has 0 aromatic carbocycles. The summed E-state index contributed by atoms with van der Waals surface area (Å²) >= 11 is 3.46. The largest absolute Gasteiger partial charge is 0.314 e. The predicted molar refractivity (Wildman–Crippen MR) is 88.8 cm³/mol. The Morgan fingerprint density at radius 2 is 2.15 bits per heavy atom. The molecule has 0 saturated heterocycles. The molecule has 1 aromatic heterocycles. The number of rotatable bonds is 5. The van der Waals surface area contributed by atoms with Crippen LogP contribution in [0.1, 0.15) is 45.7 Å². The molecule has 0 bridgehead atoms. The van der Waals surface area contributed by atoms with E-state index in [1.165, 1.54) is 25.0 Å². The van der Waals surface area contributed by atoms with Crippen molar-refractivity contribution < 1.29 is 0 Å². The third-order valence-electron chi connectivity index (χ3n) is 4.69. The Morgan fingerprint density at radius 3 is 2.75 bits per heavy atom. The van der Waals surface area contributed by atoms with Crippen molar-refractivity contribution in [3.8, 4) is 0 Å². The summed E-state index contributed by atoms with van der Waals surface area (Å²) in [4.78, 5) is 4.56. The van der Waals surface area contributed by atoms with Gasteiger partial charge in [-0.2, -0.15) is 0 Å². The first-order valence-corrected chi connectivity index (χ1v) is 8.73. The van der Waals surface area contributed by atoms with Gasteiger partial charge in [0.05, 0.1) is 0 Å². The van der Waals surface area contributed by atoms with Crippen molar-refractivity contribution in [1.29, 1.82) is 0 Å². The third kappa shape index (κ3) is 4.29. The molecule has 0 spiro atoms. The number of nitrogens with zero attached hydrogens (tertiary/aromatic N) is 1. The van der Waals surface area contributed by atoms with E-state index in [1.807, 2.05) is 6.20 Å². The van der Waals surface area contributed by atoms with Crippen LogP contribution < -0.4 is 5.32 Å². The molecular formula is C17H27BrN2. The molecule has 3 unspecified atom stereocenters. The average Bonchev–Trinajstić information content (AvgIpc) is 2.43. The average molecular weight is 339 g/mol. The van der Waals surface area contributed by atoms with Gasteiger partial charge in [0.2, 0.25) is 0 Å². The minimum Gasteiger partial charge on any atom is -0.314 e. The number of hydrogen-bond donors (Lipinski definition) is 1. The van der Waals surface area contributed by atoms with E-state index in [2.05, 4.69) is 59.1 Å². The zero-order valence-corrected chi connectivity index (χ0v) is 14.5.